The molecule has 2 heterocycles. The number of carbonyl (C=O) groups excluding carboxylic acids is 2. The fourth-order valence-electron chi connectivity index (χ4n) is 3.90. The molecule has 176 valence electrons. The second-order valence-corrected chi connectivity index (χ2v) is 7.86. The van der Waals surface area contributed by atoms with Gasteiger partial charge in [0.1, 0.15) is 5.75 Å². The molecule has 34 heavy (non-hydrogen) atoms. The summed E-state index contributed by atoms with van der Waals surface area (Å²) in [5.41, 5.74) is 1.27. The van der Waals surface area contributed by atoms with E-state index in [1.807, 2.05) is 18.2 Å². The number of anilines is 2. The number of benzene rings is 2. The minimum atomic E-state index is -4.52. The Hall–Kier alpha value is -3.88. The molecule has 3 aromatic rings. The minimum absolute atomic E-state index is 0.0154. The predicted molar refractivity (Wildman–Crippen MR) is 121 cm³/mol. The van der Waals surface area contributed by atoms with Crippen molar-refractivity contribution in [2.75, 3.05) is 23.9 Å². The van der Waals surface area contributed by atoms with E-state index in [0.717, 1.165) is 24.1 Å². The Morgan fingerprint density at radius 3 is 2.68 bits per heavy atom. The van der Waals surface area contributed by atoms with Crippen molar-refractivity contribution in [2.45, 2.75) is 25.4 Å². The maximum Gasteiger partial charge on any atom is 0.416 e. The lowest BCUT2D eigenvalue weighted by atomic mass is 10.0. The summed E-state index contributed by atoms with van der Waals surface area (Å²) in [5.74, 6) is -0.166. The quantitative estimate of drug-likeness (QED) is 0.578. The van der Waals surface area contributed by atoms with Crippen LogP contribution in [0, 0.1) is 0 Å². The van der Waals surface area contributed by atoms with Crippen LogP contribution in [0.4, 0.5) is 24.5 Å². The number of nitrogens with one attached hydrogen (secondary N) is 1. The van der Waals surface area contributed by atoms with Crippen LogP contribution < -0.4 is 15.0 Å². The number of nitrogens with zero attached hydrogens (tertiary/aromatic N) is 2. The first-order valence-electron chi connectivity index (χ1n) is 10.7. The highest BCUT2D eigenvalue weighted by molar-refractivity contribution is 6.05. The van der Waals surface area contributed by atoms with Crippen LogP contribution in [0.5, 0.6) is 5.75 Å². The van der Waals surface area contributed by atoms with Crippen molar-refractivity contribution in [3.05, 3.63) is 83.2 Å². The van der Waals surface area contributed by atoms with E-state index in [9.17, 15) is 22.8 Å². The molecule has 1 aromatic heterocycles. The fraction of sp³-hybridized carbons (Fsp3) is 0.240. The number of aryl methyl sites for hydroxylation is 1. The van der Waals surface area contributed by atoms with Crippen LogP contribution in [0.1, 0.15) is 33.6 Å². The van der Waals surface area contributed by atoms with Crippen molar-refractivity contribution in [1.29, 1.82) is 0 Å². The Bertz CT molecular complexity index is 1230. The van der Waals surface area contributed by atoms with Gasteiger partial charge in [0.25, 0.3) is 5.91 Å². The van der Waals surface area contributed by atoms with Crippen LogP contribution in [0.3, 0.4) is 0 Å². The van der Waals surface area contributed by atoms with Gasteiger partial charge in [-0.05, 0) is 43.2 Å². The topological polar surface area (TPSA) is 71.5 Å². The van der Waals surface area contributed by atoms with E-state index in [2.05, 4.69) is 10.3 Å². The summed E-state index contributed by atoms with van der Waals surface area (Å²) in [4.78, 5) is 31.8. The van der Waals surface area contributed by atoms with Crippen molar-refractivity contribution in [3.63, 3.8) is 0 Å². The van der Waals surface area contributed by atoms with Gasteiger partial charge >= 0.3 is 6.18 Å². The first kappa shape index (κ1) is 23.3. The first-order chi connectivity index (χ1) is 16.3. The van der Waals surface area contributed by atoms with Crippen molar-refractivity contribution in [2.24, 2.45) is 0 Å². The summed E-state index contributed by atoms with van der Waals surface area (Å²) in [6.45, 7) is 0.474. The molecule has 1 aliphatic rings. The van der Waals surface area contributed by atoms with Gasteiger partial charge in [-0.1, -0.05) is 24.3 Å². The zero-order chi connectivity index (χ0) is 24.3. The zero-order valence-electron chi connectivity index (χ0n) is 18.4. The monoisotopic (exact) mass is 469 g/mol. The summed E-state index contributed by atoms with van der Waals surface area (Å²) < 4.78 is 44.2. The van der Waals surface area contributed by atoms with Crippen molar-refractivity contribution in [1.82, 2.24) is 4.98 Å². The second kappa shape index (κ2) is 9.54. The molecule has 9 heteroatoms. The number of aromatic nitrogens is 1. The third-order valence-corrected chi connectivity index (χ3v) is 5.58. The molecule has 0 bridgehead atoms. The van der Waals surface area contributed by atoms with E-state index in [0.29, 0.717) is 30.1 Å². The smallest absolute Gasteiger partial charge is 0.416 e. The largest absolute Gasteiger partial charge is 0.496 e. The van der Waals surface area contributed by atoms with E-state index >= 15 is 0 Å². The third-order valence-electron chi connectivity index (χ3n) is 5.58. The molecule has 1 N–H and O–H groups in total. The molecule has 0 radical (unpaired) electrons. The van der Waals surface area contributed by atoms with Crippen LogP contribution in [0.25, 0.3) is 0 Å². The number of carbonyl (C=O) groups is 2. The Labute approximate surface area is 194 Å². The number of hydrogen-bond acceptors (Lipinski definition) is 4. The van der Waals surface area contributed by atoms with Crippen molar-refractivity contribution in [3.8, 4) is 5.75 Å². The standard InChI is InChI=1S/C25H22F3N3O3/c1-34-22-10-3-2-6-16(22)13-23(32)31-11-5-9-20-21(31)12-17(15-29-20)24(33)30-19-8-4-7-18(14-19)25(26,27)28/h2-4,6-8,10,12,14-15H,5,9,11,13H2,1H3,(H,30,33). The number of para-hydroxylation sites is 1. The summed E-state index contributed by atoms with van der Waals surface area (Å²) in [5, 5.41) is 2.48. The van der Waals surface area contributed by atoms with Gasteiger partial charge in [0.2, 0.25) is 5.91 Å². The second-order valence-electron chi connectivity index (χ2n) is 7.86. The maximum atomic E-state index is 13.1. The highest BCUT2D eigenvalue weighted by atomic mass is 19.4. The summed E-state index contributed by atoms with van der Waals surface area (Å²) in [7, 11) is 1.54. The Morgan fingerprint density at radius 2 is 1.91 bits per heavy atom. The first-order valence-corrected chi connectivity index (χ1v) is 10.7. The van der Waals surface area contributed by atoms with Crippen molar-refractivity contribution >= 4 is 23.2 Å². The van der Waals surface area contributed by atoms with Crippen LogP contribution in [-0.2, 0) is 23.8 Å². The van der Waals surface area contributed by atoms with Gasteiger partial charge < -0.3 is 15.0 Å². The van der Waals surface area contributed by atoms with E-state index < -0.39 is 17.6 Å². The summed E-state index contributed by atoms with van der Waals surface area (Å²) >= 11 is 0. The average Bonchev–Trinajstić information content (AvgIpc) is 2.83. The number of ether oxygens (including phenoxy) is 1. The van der Waals surface area contributed by atoms with Gasteiger partial charge in [-0.25, -0.2) is 0 Å². The molecule has 0 saturated heterocycles. The lowest BCUT2D eigenvalue weighted by Crippen LogP contribution is -2.37. The molecular weight excluding hydrogens is 447 g/mol. The highest BCUT2D eigenvalue weighted by Crippen LogP contribution is 2.31. The highest BCUT2D eigenvalue weighted by Gasteiger charge is 2.30. The Balaban J connectivity index is 1.56. The predicted octanol–water partition coefficient (Wildman–Crippen LogP) is 4.88. The Kier molecular flexibility index (Phi) is 6.54. The third kappa shape index (κ3) is 5.03. The fourth-order valence-corrected chi connectivity index (χ4v) is 3.90. The van der Waals surface area contributed by atoms with Crippen molar-refractivity contribution < 1.29 is 27.5 Å². The van der Waals surface area contributed by atoms with E-state index in [4.69, 9.17) is 4.74 Å². The van der Waals surface area contributed by atoms with E-state index in [1.165, 1.54) is 18.3 Å². The number of alkyl halides is 3. The summed E-state index contributed by atoms with van der Waals surface area (Å²) in [6, 6.07) is 13.2. The molecule has 4 rings (SSSR count). The SMILES string of the molecule is COc1ccccc1CC(=O)N1CCCc2ncc(C(=O)Nc3cccc(C(F)(F)F)c3)cc21. The number of rotatable bonds is 5. The molecule has 0 aliphatic carbocycles. The normalized spacial score (nSPS) is 13.2. The molecule has 0 saturated carbocycles. The van der Waals surface area contributed by atoms with Crippen LogP contribution in [0.15, 0.2) is 60.8 Å². The van der Waals surface area contributed by atoms with E-state index in [1.54, 1.807) is 24.1 Å². The van der Waals surface area contributed by atoms with Crippen LogP contribution in [0.2, 0.25) is 0 Å². The summed E-state index contributed by atoms with van der Waals surface area (Å²) in [6.07, 6.45) is -1.65. The maximum absolute atomic E-state index is 13.1. The molecule has 0 spiro atoms. The van der Waals surface area contributed by atoms with E-state index in [-0.39, 0.29) is 23.6 Å². The van der Waals surface area contributed by atoms with Gasteiger partial charge in [0.05, 0.1) is 36.0 Å². The number of methoxy groups -OCH3 is 1. The van der Waals surface area contributed by atoms with Gasteiger partial charge in [-0.15, -0.1) is 0 Å². The van der Waals surface area contributed by atoms with Crippen LogP contribution in [-0.4, -0.2) is 30.5 Å². The average molecular weight is 469 g/mol. The number of amides is 2. The number of halogens is 3. The molecule has 0 unspecified atom stereocenters. The number of pyridine rings is 1. The zero-order valence-corrected chi connectivity index (χ0v) is 18.4. The van der Waals surface area contributed by atoms with Gasteiger partial charge in [0, 0.05) is 24.0 Å². The molecular formula is C25H22F3N3O3. The molecule has 2 amide bonds. The van der Waals surface area contributed by atoms with Crippen LogP contribution >= 0.6 is 0 Å². The molecule has 0 atom stereocenters. The molecule has 1 aliphatic heterocycles. The van der Waals surface area contributed by atoms with Gasteiger partial charge in [0.15, 0.2) is 0 Å². The van der Waals surface area contributed by atoms with Gasteiger partial charge in [-0.2, -0.15) is 13.2 Å². The lowest BCUT2D eigenvalue weighted by Gasteiger charge is -2.29. The number of fused-ring (bicyclic) bond motifs is 1. The minimum Gasteiger partial charge on any atom is -0.496 e. The molecule has 2 aromatic carbocycles. The van der Waals surface area contributed by atoms with Gasteiger partial charge in [-0.3, -0.25) is 14.6 Å². The molecule has 6 nitrogen and oxygen atoms in total. The molecule has 0 fully saturated rings. The Morgan fingerprint density at radius 1 is 1.12 bits per heavy atom. The number of hydrogen-bond donors (Lipinski definition) is 1. The lowest BCUT2D eigenvalue weighted by molar-refractivity contribution is -0.137.